The molecule has 5 heteroatoms. The molecule has 0 fully saturated rings. The Hall–Kier alpha value is -1.07. The van der Waals surface area contributed by atoms with Gasteiger partial charge in [-0.2, -0.15) is 0 Å². The van der Waals surface area contributed by atoms with Gasteiger partial charge in [0, 0.05) is 12.1 Å². The maximum absolute atomic E-state index is 11.8. The molecule has 0 saturated heterocycles. The van der Waals surface area contributed by atoms with Crippen LogP contribution in [0.3, 0.4) is 0 Å². The highest BCUT2D eigenvalue weighted by Crippen LogP contribution is 2.35. The summed E-state index contributed by atoms with van der Waals surface area (Å²) in [6.45, 7) is 3.98. The third kappa shape index (κ3) is 2.24. The van der Waals surface area contributed by atoms with Crippen LogP contribution in [0.1, 0.15) is 37.4 Å². The zero-order valence-corrected chi connectivity index (χ0v) is 11.9. The van der Waals surface area contributed by atoms with Crippen LogP contribution in [0.5, 0.6) is 0 Å². The number of hydrogen-bond donors (Lipinski definition) is 1. The molecule has 2 unspecified atom stereocenters. The Morgan fingerprint density at radius 1 is 1.50 bits per heavy atom. The van der Waals surface area contributed by atoms with Gasteiger partial charge in [0.1, 0.15) is 0 Å². The van der Waals surface area contributed by atoms with Gasteiger partial charge in [0.15, 0.2) is 0 Å². The normalized spacial score (nSPS) is 20.9. The molecular formula is C13H20N2O2S. The molecule has 0 bridgehead atoms. The largest absolute Gasteiger partial charge is 0.324 e. The van der Waals surface area contributed by atoms with Gasteiger partial charge in [-0.3, -0.25) is 4.31 Å². The lowest BCUT2D eigenvalue weighted by molar-refractivity contribution is 0.590. The highest BCUT2D eigenvalue weighted by molar-refractivity contribution is 7.92. The smallest absolute Gasteiger partial charge is 0.232 e. The minimum absolute atomic E-state index is 0.0110. The van der Waals surface area contributed by atoms with Gasteiger partial charge in [0.2, 0.25) is 10.0 Å². The molecule has 2 rings (SSSR count). The van der Waals surface area contributed by atoms with Crippen molar-refractivity contribution < 1.29 is 8.42 Å². The Morgan fingerprint density at radius 3 is 2.72 bits per heavy atom. The van der Waals surface area contributed by atoms with Gasteiger partial charge in [-0.25, -0.2) is 8.42 Å². The Bertz CT molecular complexity index is 554. The van der Waals surface area contributed by atoms with Gasteiger partial charge in [0.05, 0.1) is 11.9 Å². The molecule has 100 valence electrons. The molecule has 0 radical (unpaired) electrons. The van der Waals surface area contributed by atoms with Crippen LogP contribution in [-0.2, 0) is 16.4 Å². The van der Waals surface area contributed by atoms with Crippen molar-refractivity contribution in [2.24, 2.45) is 5.73 Å². The van der Waals surface area contributed by atoms with Gasteiger partial charge in [-0.15, -0.1) is 0 Å². The summed E-state index contributed by atoms with van der Waals surface area (Å²) in [5.41, 5.74) is 8.97. The molecule has 18 heavy (non-hydrogen) atoms. The van der Waals surface area contributed by atoms with E-state index in [9.17, 15) is 8.42 Å². The first-order valence-corrected chi connectivity index (χ1v) is 8.07. The fourth-order valence-corrected chi connectivity index (χ4v) is 3.86. The minimum Gasteiger partial charge on any atom is -0.324 e. The lowest BCUT2D eigenvalue weighted by atomic mass is 10.0. The maximum Gasteiger partial charge on any atom is 0.232 e. The first-order chi connectivity index (χ1) is 8.34. The fourth-order valence-electron chi connectivity index (χ4n) is 2.59. The van der Waals surface area contributed by atoms with Crippen molar-refractivity contribution in [1.29, 1.82) is 0 Å². The molecule has 1 aromatic rings. The van der Waals surface area contributed by atoms with E-state index in [1.807, 2.05) is 32.0 Å². The van der Waals surface area contributed by atoms with Gasteiger partial charge >= 0.3 is 0 Å². The third-order valence-corrected chi connectivity index (χ3v) is 4.75. The Labute approximate surface area is 109 Å². The van der Waals surface area contributed by atoms with Crippen LogP contribution in [0, 0.1) is 0 Å². The van der Waals surface area contributed by atoms with Crippen LogP contribution in [0.25, 0.3) is 0 Å². The summed E-state index contributed by atoms with van der Waals surface area (Å²) < 4.78 is 25.1. The first-order valence-electron chi connectivity index (χ1n) is 6.22. The summed E-state index contributed by atoms with van der Waals surface area (Å²) in [6.07, 6.45) is 2.89. The number of rotatable bonds is 3. The van der Waals surface area contributed by atoms with Gasteiger partial charge in [0.25, 0.3) is 0 Å². The molecule has 1 aliphatic heterocycles. The van der Waals surface area contributed by atoms with E-state index in [0.29, 0.717) is 0 Å². The summed E-state index contributed by atoms with van der Waals surface area (Å²) in [6, 6.07) is 5.88. The van der Waals surface area contributed by atoms with E-state index in [0.717, 1.165) is 29.7 Å². The average molecular weight is 268 g/mol. The molecule has 4 nitrogen and oxygen atoms in total. The molecular weight excluding hydrogens is 248 g/mol. The summed E-state index contributed by atoms with van der Waals surface area (Å²) in [5.74, 6) is 0. The Kier molecular flexibility index (Phi) is 3.38. The van der Waals surface area contributed by atoms with Gasteiger partial charge in [-0.05, 0) is 37.0 Å². The number of anilines is 1. The van der Waals surface area contributed by atoms with E-state index < -0.39 is 10.0 Å². The van der Waals surface area contributed by atoms with Crippen molar-refractivity contribution in [1.82, 2.24) is 0 Å². The van der Waals surface area contributed by atoms with Crippen LogP contribution in [0.2, 0.25) is 0 Å². The molecule has 0 aliphatic carbocycles. The molecule has 1 heterocycles. The molecule has 0 saturated carbocycles. The Morgan fingerprint density at radius 2 is 2.17 bits per heavy atom. The highest BCUT2D eigenvalue weighted by atomic mass is 32.2. The Balaban J connectivity index is 2.45. The van der Waals surface area contributed by atoms with Crippen LogP contribution in [0.4, 0.5) is 5.69 Å². The van der Waals surface area contributed by atoms with Crippen LogP contribution < -0.4 is 10.0 Å². The maximum atomic E-state index is 11.8. The number of sulfonamides is 1. The molecule has 0 amide bonds. The number of fused-ring (bicyclic) bond motifs is 1. The second-order valence-electron chi connectivity index (χ2n) is 5.01. The van der Waals surface area contributed by atoms with E-state index in [1.54, 1.807) is 0 Å². The van der Waals surface area contributed by atoms with E-state index in [1.165, 1.54) is 10.6 Å². The number of nitrogens with two attached hydrogens (primary N) is 1. The van der Waals surface area contributed by atoms with E-state index in [-0.39, 0.29) is 12.1 Å². The second kappa shape index (κ2) is 4.55. The summed E-state index contributed by atoms with van der Waals surface area (Å²) in [4.78, 5) is 0. The predicted octanol–water partition coefficient (Wildman–Crippen LogP) is 1.81. The third-order valence-electron chi connectivity index (χ3n) is 3.48. The second-order valence-corrected chi connectivity index (χ2v) is 6.87. The highest BCUT2D eigenvalue weighted by Gasteiger charge is 2.32. The van der Waals surface area contributed by atoms with Crippen molar-refractivity contribution in [3.8, 4) is 0 Å². The number of hydrogen-bond acceptors (Lipinski definition) is 3. The molecule has 2 N–H and O–H groups in total. The summed E-state index contributed by atoms with van der Waals surface area (Å²) in [5, 5.41) is 0. The van der Waals surface area contributed by atoms with Crippen molar-refractivity contribution in [2.75, 3.05) is 10.6 Å². The van der Waals surface area contributed by atoms with Crippen molar-refractivity contribution in [2.45, 2.75) is 38.8 Å². The zero-order valence-electron chi connectivity index (χ0n) is 11.1. The number of nitrogens with zero attached hydrogens (tertiary/aromatic N) is 1. The molecule has 1 aromatic carbocycles. The van der Waals surface area contributed by atoms with E-state index in [4.69, 9.17) is 5.73 Å². The number of benzene rings is 1. The molecule has 1 aliphatic rings. The van der Waals surface area contributed by atoms with Crippen molar-refractivity contribution >= 4 is 15.7 Å². The summed E-state index contributed by atoms with van der Waals surface area (Å²) >= 11 is 0. The van der Waals surface area contributed by atoms with Crippen LogP contribution in [0.15, 0.2) is 18.2 Å². The van der Waals surface area contributed by atoms with E-state index >= 15 is 0 Å². The zero-order chi connectivity index (χ0) is 13.5. The predicted molar refractivity (Wildman–Crippen MR) is 74.2 cm³/mol. The molecule has 2 atom stereocenters. The lowest BCUT2D eigenvalue weighted by Crippen LogP contribution is -2.34. The van der Waals surface area contributed by atoms with Gasteiger partial charge in [-0.1, -0.05) is 19.1 Å². The standard InChI is InChI=1S/C13H20N2O2S/c1-4-12(14)10-5-6-13-11(8-10)7-9(2)15(13)18(3,16)17/h5-6,8-9,12H,4,7,14H2,1-3H3. The SMILES string of the molecule is CCC(N)c1ccc2c(c1)CC(C)N2S(C)(=O)=O. The van der Waals surface area contributed by atoms with Crippen LogP contribution >= 0.6 is 0 Å². The van der Waals surface area contributed by atoms with Crippen molar-refractivity contribution in [3.63, 3.8) is 0 Å². The van der Waals surface area contributed by atoms with E-state index in [2.05, 4.69) is 0 Å². The average Bonchev–Trinajstić information content (AvgIpc) is 2.62. The molecule has 0 spiro atoms. The van der Waals surface area contributed by atoms with Gasteiger partial charge < -0.3 is 5.73 Å². The van der Waals surface area contributed by atoms with Crippen LogP contribution in [-0.4, -0.2) is 20.7 Å². The minimum atomic E-state index is -3.20. The summed E-state index contributed by atoms with van der Waals surface area (Å²) in [7, 11) is -3.20. The fraction of sp³-hybridized carbons (Fsp3) is 0.538. The monoisotopic (exact) mass is 268 g/mol. The molecule has 0 aromatic heterocycles. The quantitative estimate of drug-likeness (QED) is 0.909. The lowest BCUT2D eigenvalue weighted by Gasteiger charge is -2.22. The van der Waals surface area contributed by atoms with Crippen molar-refractivity contribution in [3.05, 3.63) is 29.3 Å². The topological polar surface area (TPSA) is 63.4 Å². The first kappa shape index (κ1) is 13.4.